The number of hydrogen-bond acceptors (Lipinski definition) is 5. The van der Waals surface area contributed by atoms with E-state index >= 15 is 0 Å². The Labute approximate surface area is 169 Å². The van der Waals surface area contributed by atoms with E-state index in [2.05, 4.69) is 15.6 Å². The predicted molar refractivity (Wildman–Crippen MR) is 109 cm³/mol. The highest BCUT2D eigenvalue weighted by molar-refractivity contribution is 5.71. The van der Waals surface area contributed by atoms with E-state index < -0.39 is 5.97 Å². The molecule has 1 aliphatic heterocycles. The molecule has 2 N–H and O–H groups in total. The molecular formula is C22H24N4O3. The Morgan fingerprint density at radius 1 is 1.31 bits per heavy atom. The van der Waals surface area contributed by atoms with Crippen LogP contribution in [0.5, 0.6) is 5.75 Å². The quantitative estimate of drug-likeness (QED) is 0.643. The van der Waals surface area contributed by atoms with Gasteiger partial charge in [-0.05, 0) is 61.7 Å². The lowest BCUT2D eigenvalue weighted by Crippen LogP contribution is -2.27. The average molecular weight is 392 g/mol. The smallest absolute Gasteiger partial charge is 0.307 e. The SMILES string of the molecule is COc1cccc(-c2cn(-c3cccc(CC(C(=O)O)[C@H]4CCNC4)c3)nn2)c1. The van der Waals surface area contributed by atoms with Crippen LogP contribution in [0.1, 0.15) is 12.0 Å². The van der Waals surface area contributed by atoms with Crippen molar-refractivity contribution >= 4 is 5.97 Å². The van der Waals surface area contributed by atoms with Crippen molar-refractivity contribution in [2.24, 2.45) is 11.8 Å². The largest absolute Gasteiger partial charge is 0.497 e. The molecule has 0 aliphatic carbocycles. The fourth-order valence-electron chi connectivity index (χ4n) is 3.86. The van der Waals surface area contributed by atoms with Gasteiger partial charge in [0.25, 0.3) is 0 Å². The van der Waals surface area contributed by atoms with Crippen molar-refractivity contribution in [1.82, 2.24) is 20.3 Å². The van der Waals surface area contributed by atoms with E-state index in [9.17, 15) is 9.90 Å². The molecule has 1 saturated heterocycles. The number of ether oxygens (including phenoxy) is 1. The zero-order chi connectivity index (χ0) is 20.2. The van der Waals surface area contributed by atoms with Crippen LogP contribution in [0.25, 0.3) is 16.9 Å². The first-order chi connectivity index (χ1) is 14.1. The van der Waals surface area contributed by atoms with Crippen molar-refractivity contribution in [2.75, 3.05) is 20.2 Å². The number of hydrogen-bond donors (Lipinski definition) is 2. The third-order valence-corrected chi connectivity index (χ3v) is 5.47. The van der Waals surface area contributed by atoms with Crippen molar-refractivity contribution in [1.29, 1.82) is 0 Å². The van der Waals surface area contributed by atoms with Crippen LogP contribution >= 0.6 is 0 Å². The van der Waals surface area contributed by atoms with Gasteiger partial charge in [0.1, 0.15) is 11.4 Å². The molecule has 2 aromatic carbocycles. The summed E-state index contributed by atoms with van der Waals surface area (Å²) in [6.07, 6.45) is 3.28. The maximum absolute atomic E-state index is 11.8. The van der Waals surface area contributed by atoms with E-state index in [4.69, 9.17) is 4.74 Å². The van der Waals surface area contributed by atoms with Gasteiger partial charge in [0, 0.05) is 5.56 Å². The number of methoxy groups -OCH3 is 1. The van der Waals surface area contributed by atoms with E-state index in [1.165, 1.54) is 0 Å². The van der Waals surface area contributed by atoms with Crippen molar-refractivity contribution in [3.05, 3.63) is 60.3 Å². The van der Waals surface area contributed by atoms with Gasteiger partial charge in [0.15, 0.2) is 0 Å². The van der Waals surface area contributed by atoms with E-state index in [0.29, 0.717) is 6.42 Å². The number of carboxylic acids is 1. The third-order valence-electron chi connectivity index (χ3n) is 5.47. The first-order valence-electron chi connectivity index (χ1n) is 9.73. The molecule has 2 heterocycles. The molecule has 0 spiro atoms. The van der Waals surface area contributed by atoms with Crippen molar-refractivity contribution in [2.45, 2.75) is 12.8 Å². The molecule has 150 valence electrons. The number of carbonyl (C=O) groups is 1. The molecule has 1 aromatic heterocycles. The predicted octanol–water partition coefficient (Wildman–Crippen LogP) is 2.80. The molecule has 3 aromatic rings. The normalized spacial score (nSPS) is 17.2. The highest BCUT2D eigenvalue weighted by Gasteiger charge is 2.30. The number of aliphatic carboxylic acids is 1. The summed E-state index contributed by atoms with van der Waals surface area (Å²) in [6, 6.07) is 15.5. The molecule has 0 saturated carbocycles. The second kappa shape index (κ2) is 8.45. The molecule has 7 heteroatoms. The summed E-state index contributed by atoms with van der Waals surface area (Å²) in [6.45, 7) is 1.66. The first-order valence-corrected chi connectivity index (χ1v) is 9.73. The van der Waals surface area contributed by atoms with E-state index in [1.54, 1.807) is 11.8 Å². The Bertz CT molecular complexity index is 995. The lowest BCUT2D eigenvalue weighted by Gasteiger charge is -2.19. The zero-order valence-corrected chi connectivity index (χ0v) is 16.3. The molecule has 0 amide bonds. The number of nitrogens with zero attached hydrogens (tertiary/aromatic N) is 3. The van der Waals surface area contributed by atoms with Crippen LogP contribution in [-0.2, 0) is 11.2 Å². The summed E-state index contributed by atoms with van der Waals surface area (Å²) in [5.41, 5.74) is 3.51. The summed E-state index contributed by atoms with van der Waals surface area (Å²) in [4.78, 5) is 11.8. The van der Waals surface area contributed by atoms with Crippen LogP contribution in [-0.4, -0.2) is 46.3 Å². The molecule has 0 bridgehead atoms. The van der Waals surface area contributed by atoms with E-state index in [1.807, 2.05) is 54.7 Å². The highest BCUT2D eigenvalue weighted by atomic mass is 16.5. The lowest BCUT2D eigenvalue weighted by molar-refractivity contribution is -0.143. The minimum Gasteiger partial charge on any atom is -0.497 e. The Morgan fingerprint density at radius 3 is 2.93 bits per heavy atom. The molecular weight excluding hydrogens is 368 g/mol. The summed E-state index contributed by atoms with van der Waals surface area (Å²) >= 11 is 0. The van der Waals surface area contributed by atoms with E-state index in [0.717, 1.165) is 47.8 Å². The first kappa shape index (κ1) is 19.1. The third kappa shape index (κ3) is 4.30. The van der Waals surface area contributed by atoms with Crippen molar-refractivity contribution in [3.63, 3.8) is 0 Å². The fourth-order valence-corrected chi connectivity index (χ4v) is 3.86. The Kier molecular flexibility index (Phi) is 5.57. The molecule has 29 heavy (non-hydrogen) atoms. The highest BCUT2D eigenvalue weighted by Crippen LogP contribution is 2.25. The lowest BCUT2D eigenvalue weighted by atomic mass is 9.86. The monoisotopic (exact) mass is 392 g/mol. The maximum Gasteiger partial charge on any atom is 0.307 e. The number of aromatic nitrogens is 3. The zero-order valence-electron chi connectivity index (χ0n) is 16.3. The molecule has 1 unspecified atom stereocenters. The Hall–Kier alpha value is -3.19. The minimum absolute atomic E-state index is 0.169. The molecule has 7 nitrogen and oxygen atoms in total. The number of carboxylic acid groups (broad SMARTS) is 1. The van der Waals surface area contributed by atoms with Crippen LogP contribution in [0.15, 0.2) is 54.7 Å². The molecule has 0 radical (unpaired) electrons. The van der Waals surface area contributed by atoms with Crippen LogP contribution in [0.4, 0.5) is 0 Å². The Balaban J connectivity index is 1.56. The molecule has 1 aliphatic rings. The van der Waals surface area contributed by atoms with Crippen LogP contribution < -0.4 is 10.1 Å². The van der Waals surface area contributed by atoms with Crippen LogP contribution in [0.2, 0.25) is 0 Å². The summed E-state index contributed by atoms with van der Waals surface area (Å²) < 4.78 is 6.99. The van der Waals surface area contributed by atoms with Gasteiger partial charge in [-0.1, -0.05) is 29.5 Å². The minimum atomic E-state index is -0.731. The topological polar surface area (TPSA) is 89.3 Å². The summed E-state index contributed by atoms with van der Waals surface area (Å²) in [5, 5.41) is 21.5. The van der Waals surface area contributed by atoms with Gasteiger partial charge in [-0.15, -0.1) is 5.10 Å². The second-order valence-electron chi connectivity index (χ2n) is 7.35. The van der Waals surface area contributed by atoms with Crippen LogP contribution in [0.3, 0.4) is 0 Å². The van der Waals surface area contributed by atoms with Gasteiger partial charge in [-0.3, -0.25) is 4.79 Å². The fraction of sp³-hybridized carbons (Fsp3) is 0.318. The number of benzene rings is 2. The van der Waals surface area contributed by atoms with Gasteiger partial charge in [0.05, 0.1) is 24.9 Å². The standard InChI is InChI=1S/C22H24N4O3/c1-29-19-7-3-5-16(12-19)21-14-26(25-24-21)18-6-2-4-15(10-18)11-20(22(27)28)17-8-9-23-13-17/h2-7,10,12,14,17,20,23H,8-9,11,13H2,1H3,(H,27,28)/t17-,20?/m0/s1. The van der Waals surface area contributed by atoms with Gasteiger partial charge < -0.3 is 15.2 Å². The van der Waals surface area contributed by atoms with E-state index in [-0.39, 0.29) is 11.8 Å². The molecule has 4 rings (SSSR count). The summed E-state index contributed by atoms with van der Waals surface area (Å²) in [7, 11) is 1.63. The van der Waals surface area contributed by atoms with Crippen molar-refractivity contribution in [3.8, 4) is 22.7 Å². The van der Waals surface area contributed by atoms with Crippen LogP contribution in [0, 0.1) is 11.8 Å². The molecule has 2 atom stereocenters. The maximum atomic E-state index is 11.8. The second-order valence-corrected chi connectivity index (χ2v) is 7.35. The van der Waals surface area contributed by atoms with Gasteiger partial charge in [-0.25, -0.2) is 4.68 Å². The number of nitrogens with one attached hydrogen (secondary N) is 1. The van der Waals surface area contributed by atoms with Gasteiger partial charge in [0.2, 0.25) is 0 Å². The van der Waals surface area contributed by atoms with Gasteiger partial charge in [-0.2, -0.15) is 0 Å². The Morgan fingerprint density at radius 2 is 2.17 bits per heavy atom. The summed E-state index contributed by atoms with van der Waals surface area (Å²) in [5.74, 6) is -0.184. The van der Waals surface area contributed by atoms with Crippen molar-refractivity contribution < 1.29 is 14.6 Å². The van der Waals surface area contributed by atoms with Gasteiger partial charge >= 0.3 is 5.97 Å². The number of rotatable bonds is 7. The molecule has 1 fully saturated rings. The average Bonchev–Trinajstić information content (AvgIpc) is 3.44.